The number of carboxylic acids is 1. The van der Waals surface area contributed by atoms with Gasteiger partial charge in [-0.05, 0) is 12.7 Å². The van der Waals surface area contributed by atoms with E-state index in [9.17, 15) is 4.79 Å². The van der Waals surface area contributed by atoms with E-state index < -0.39 is 5.97 Å². The molecule has 0 aromatic carbocycles. The lowest BCUT2D eigenvalue weighted by Gasteiger charge is -2.04. The van der Waals surface area contributed by atoms with Crippen molar-refractivity contribution in [2.45, 2.75) is 24.9 Å². The predicted octanol–water partition coefficient (Wildman–Crippen LogP) is 1.85. The van der Waals surface area contributed by atoms with Crippen LogP contribution in [-0.4, -0.2) is 27.3 Å². The molecule has 1 aromatic heterocycles. The Morgan fingerprint density at radius 3 is 2.86 bits per heavy atom. The van der Waals surface area contributed by atoms with Gasteiger partial charge in [0, 0.05) is 6.20 Å². The van der Waals surface area contributed by atoms with Crippen molar-refractivity contribution in [3.63, 3.8) is 0 Å². The van der Waals surface area contributed by atoms with Gasteiger partial charge in [-0.3, -0.25) is 0 Å². The summed E-state index contributed by atoms with van der Waals surface area (Å²) in [5.74, 6) is -0.957. The van der Waals surface area contributed by atoms with Crippen molar-refractivity contribution in [1.82, 2.24) is 9.97 Å². The second-order valence-electron chi connectivity index (χ2n) is 2.77. The van der Waals surface area contributed by atoms with Crippen molar-refractivity contribution in [3.05, 3.63) is 17.5 Å². The number of hydrogen-bond donors (Lipinski definition) is 1. The predicted molar refractivity (Wildman–Crippen MR) is 54.8 cm³/mol. The lowest BCUT2D eigenvalue weighted by Crippen LogP contribution is -2.06. The lowest BCUT2D eigenvalue weighted by atomic mass is 10.1. The van der Waals surface area contributed by atoms with Crippen LogP contribution in [0.1, 0.15) is 29.4 Å². The van der Waals surface area contributed by atoms with E-state index in [4.69, 9.17) is 5.11 Å². The van der Waals surface area contributed by atoms with Gasteiger partial charge in [-0.15, -0.1) is 0 Å². The molecule has 0 aliphatic carbocycles. The summed E-state index contributed by atoms with van der Waals surface area (Å²) < 4.78 is 0. The first-order valence-electron chi connectivity index (χ1n) is 4.32. The normalized spacial score (nSPS) is 10.1. The van der Waals surface area contributed by atoms with Crippen LogP contribution in [0.25, 0.3) is 0 Å². The van der Waals surface area contributed by atoms with Gasteiger partial charge in [0.2, 0.25) is 0 Å². The van der Waals surface area contributed by atoms with Gasteiger partial charge in [0.15, 0.2) is 5.16 Å². The smallest absolute Gasteiger partial charge is 0.339 e. The van der Waals surface area contributed by atoms with Gasteiger partial charge in [-0.1, -0.05) is 25.1 Å². The summed E-state index contributed by atoms with van der Waals surface area (Å²) in [5.41, 5.74) is 0.837. The molecule has 0 atom stereocenters. The zero-order valence-corrected chi connectivity index (χ0v) is 8.97. The standard InChI is InChI=1S/C9H12N2O2S/c1-3-4-7-6(8(12)13)5-10-9(11-7)14-2/h5H,3-4H2,1-2H3,(H,12,13). The van der Waals surface area contributed by atoms with Gasteiger partial charge in [-0.2, -0.15) is 0 Å². The minimum Gasteiger partial charge on any atom is -0.478 e. The molecule has 14 heavy (non-hydrogen) atoms. The number of carboxylic acid groups (broad SMARTS) is 1. The van der Waals surface area contributed by atoms with Gasteiger partial charge < -0.3 is 5.11 Å². The van der Waals surface area contributed by atoms with Crippen LogP contribution in [0.2, 0.25) is 0 Å². The van der Waals surface area contributed by atoms with Crippen LogP contribution >= 0.6 is 11.8 Å². The Balaban J connectivity index is 3.10. The minimum atomic E-state index is -0.957. The Bertz CT molecular complexity index is 342. The first-order chi connectivity index (χ1) is 6.69. The number of aromatic carboxylic acids is 1. The Kier molecular flexibility index (Phi) is 3.88. The van der Waals surface area contributed by atoms with Crippen LogP contribution in [0.5, 0.6) is 0 Å². The lowest BCUT2D eigenvalue weighted by molar-refractivity contribution is 0.0694. The summed E-state index contributed by atoms with van der Waals surface area (Å²) in [6.07, 6.45) is 4.81. The van der Waals surface area contributed by atoms with Gasteiger partial charge >= 0.3 is 5.97 Å². The highest BCUT2D eigenvalue weighted by molar-refractivity contribution is 7.98. The molecule has 76 valence electrons. The number of thioether (sulfide) groups is 1. The highest BCUT2D eigenvalue weighted by Crippen LogP contribution is 2.13. The first-order valence-corrected chi connectivity index (χ1v) is 5.54. The van der Waals surface area contributed by atoms with Crippen LogP contribution in [0.15, 0.2) is 11.4 Å². The molecule has 0 unspecified atom stereocenters. The molecular formula is C9H12N2O2S. The summed E-state index contributed by atoms with van der Waals surface area (Å²) in [6.45, 7) is 1.99. The molecule has 0 saturated carbocycles. The van der Waals surface area contributed by atoms with E-state index in [-0.39, 0.29) is 5.56 Å². The fraction of sp³-hybridized carbons (Fsp3) is 0.444. The van der Waals surface area contributed by atoms with Crippen LogP contribution in [0, 0.1) is 0 Å². The number of rotatable bonds is 4. The molecule has 0 bridgehead atoms. The van der Waals surface area contributed by atoms with Crippen LogP contribution in [0.4, 0.5) is 0 Å². The van der Waals surface area contributed by atoms with Gasteiger partial charge in [0.05, 0.1) is 11.3 Å². The fourth-order valence-corrected chi connectivity index (χ4v) is 1.46. The van der Waals surface area contributed by atoms with Crippen molar-refractivity contribution in [3.8, 4) is 0 Å². The molecule has 0 fully saturated rings. The van der Waals surface area contributed by atoms with Crippen LogP contribution in [-0.2, 0) is 6.42 Å². The van der Waals surface area contributed by atoms with Crippen molar-refractivity contribution >= 4 is 17.7 Å². The highest BCUT2D eigenvalue weighted by atomic mass is 32.2. The molecule has 0 aliphatic heterocycles. The third-order valence-corrected chi connectivity index (χ3v) is 2.31. The molecule has 0 amide bonds. The van der Waals surface area contributed by atoms with Crippen molar-refractivity contribution in [1.29, 1.82) is 0 Å². The van der Waals surface area contributed by atoms with Crippen molar-refractivity contribution in [2.24, 2.45) is 0 Å². The molecule has 1 N–H and O–H groups in total. The van der Waals surface area contributed by atoms with Crippen molar-refractivity contribution in [2.75, 3.05) is 6.26 Å². The Hall–Kier alpha value is -1.10. The largest absolute Gasteiger partial charge is 0.478 e. The second kappa shape index (κ2) is 4.95. The van der Waals surface area contributed by atoms with Crippen LogP contribution in [0.3, 0.4) is 0 Å². The van der Waals surface area contributed by atoms with E-state index in [1.54, 1.807) is 0 Å². The molecule has 1 rings (SSSR count). The molecule has 1 heterocycles. The zero-order valence-electron chi connectivity index (χ0n) is 8.15. The number of nitrogens with zero attached hydrogens (tertiary/aromatic N) is 2. The van der Waals surface area contributed by atoms with Crippen LogP contribution < -0.4 is 0 Å². The Morgan fingerprint density at radius 1 is 1.64 bits per heavy atom. The molecule has 4 nitrogen and oxygen atoms in total. The molecule has 0 spiro atoms. The summed E-state index contributed by atoms with van der Waals surface area (Å²) in [4.78, 5) is 18.9. The van der Waals surface area contributed by atoms with E-state index >= 15 is 0 Å². The Morgan fingerprint density at radius 2 is 2.36 bits per heavy atom. The number of hydrogen-bond acceptors (Lipinski definition) is 4. The zero-order chi connectivity index (χ0) is 10.6. The third-order valence-electron chi connectivity index (χ3n) is 1.75. The van der Waals surface area contributed by atoms with Gasteiger partial charge in [-0.25, -0.2) is 14.8 Å². The maximum absolute atomic E-state index is 10.8. The average molecular weight is 212 g/mol. The summed E-state index contributed by atoms with van der Waals surface area (Å²) in [5, 5.41) is 9.49. The molecule has 5 heteroatoms. The minimum absolute atomic E-state index is 0.213. The maximum Gasteiger partial charge on any atom is 0.339 e. The van der Waals surface area contributed by atoms with E-state index in [0.29, 0.717) is 17.3 Å². The van der Waals surface area contributed by atoms with E-state index in [2.05, 4.69) is 9.97 Å². The topological polar surface area (TPSA) is 63.1 Å². The highest BCUT2D eigenvalue weighted by Gasteiger charge is 2.12. The summed E-state index contributed by atoms with van der Waals surface area (Å²) in [6, 6.07) is 0. The maximum atomic E-state index is 10.8. The average Bonchev–Trinajstić information content (AvgIpc) is 2.17. The summed E-state index contributed by atoms with van der Waals surface area (Å²) >= 11 is 1.41. The van der Waals surface area contributed by atoms with Crippen molar-refractivity contribution < 1.29 is 9.90 Å². The number of aryl methyl sites for hydroxylation is 1. The van der Waals surface area contributed by atoms with Gasteiger partial charge in [0.25, 0.3) is 0 Å². The number of carbonyl (C=O) groups is 1. The molecule has 0 aliphatic rings. The quantitative estimate of drug-likeness (QED) is 0.609. The third kappa shape index (κ3) is 2.45. The number of aromatic nitrogens is 2. The van der Waals surface area contributed by atoms with Gasteiger partial charge in [0.1, 0.15) is 0 Å². The van der Waals surface area contributed by atoms with E-state index in [1.165, 1.54) is 18.0 Å². The van der Waals surface area contributed by atoms with E-state index in [1.807, 2.05) is 13.2 Å². The summed E-state index contributed by atoms with van der Waals surface area (Å²) in [7, 11) is 0. The molecule has 0 radical (unpaired) electrons. The Labute approximate surface area is 86.8 Å². The van der Waals surface area contributed by atoms with E-state index in [0.717, 1.165) is 6.42 Å². The molecule has 0 saturated heterocycles. The molecule has 1 aromatic rings. The first kappa shape index (κ1) is 11.0. The SMILES string of the molecule is CCCc1nc(SC)ncc1C(=O)O. The monoisotopic (exact) mass is 212 g/mol. The second-order valence-corrected chi connectivity index (χ2v) is 3.55. The molecular weight excluding hydrogens is 200 g/mol. The fourth-order valence-electron chi connectivity index (χ4n) is 1.10.